The van der Waals surface area contributed by atoms with Crippen molar-refractivity contribution in [1.82, 2.24) is 9.97 Å². The number of nitrogens with zero attached hydrogens (tertiary/aromatic N) is 2. The zero-order valence-corrected chi connectivity index (χ0v) is 11.1. The second kappa shape index (κ2) is 5.27. The Morgan fingerprint density at radius 3 is 2.89 bits per heavy atom. The second-order valence-corrected chi connectivity index (χ2v) is 5.50. The molecule has 0 aliphatic rings. The number of aldehydes is 1. The Bertz CT molecular complexity index is 564. The van der Waals surface area contributed by atoms with Gasteiger partial charge in [0.2, 0.25) is 0 Å². The zero-order valence-electron chi connectivity index (χ0n) is 10.3. The number of aromatic hydroxyl groups is 1. The summed E-state index contributed by atoms with van der Waals surface area (Å²) in [5.74, 6) is 0.536. The van der Waals surface area contributed by atoms with E-state index in [-0.39, 0.29) is 5.75 Å². The smallest absolute Gasteiger partial charge is 0.169 e. The molecule has 0 aromatic carbocycles. The molecular formula is C13H14N2O2S. The summed E-state index contributed by atoms with van der Waals surface area (Å²) in [6.07, 6.45) is 3.16. The van der Waals surface area contributed by atoms with Crippen molar-refractivity contribution in [2.75, 3.05) is 0 Å². The van der Waals surface area contributed by atoms with Crippen LogP contribution < -0.4 is 0 Å². The maximum absolute atomic E-state index is 11.0. The van der Waals surface area contributed by atoms with Crippen LogP contribution in [-0.2, 0) is 6.42 Å². The number of rotatable bonds is 4. The highest BCUT2D eigenvalue weighted by Gasteiger charge is 2.16. The van der Waals surface area contributed by atoms with E-state index >= 15 is 0 Å². The van der Waals surface area contributed by atoms with Gasteiger partial charge in [-0.25, -0.2) is 9.97 Å². The molecule has 2 aromatic heterocycles. The van der Waals surface area contributed by atoms with E-state index < -0.39 is 0 Å². The molecule has 0 radical (unpaired) electrons. The number of aromatic nitrogens is 2. The van der Waals surface area contributed by atoms with Crippen molar-refractivity contribution in [3.8, 4) is 16.5 Å². The van der Waals surface area contributed by atoms with Gasteiger partial charge in [-0.3, -0.25) is 4.79 Å². The standard InChI is InChI=1S/C13H14N2O2S/c1-8(2)6-11-9(7-16)15-13(18-11)12-10(17)4-3-5-14-12/h3-5,7-8,17H,6H2,1-2H3. The van der Waals surface area contributed by atoms with Gasteiger partial charge in [-0.05, 0) is 24.5 Å². The highest BCUT2D eigenvalue weighted by atomic mass is 32.1. The van der Waals surface area contributed by atoms with E-state index in [0.29, 0.717) is 22.3 Å². The fourth-order valence-corrected chi connectivity index (χ4v) is 2.88. The van der Waals surface area contributed by atoms with Crippen LogP contribution in [0.3, 0.4) is 0 Å². The Balaban J connectivity index is 2.44. The summed E-state index contributed by atoms with van der Waals surface area (Å²) in [5.41, 5.74) is 0.884. The zero-order chi connectivity index (χ0) is 13.1. The molecule has 0 unspecified atom stereocenters. The lowest BCUT2D eigenvalue weighted by Crippen LogP contribution is -1.95. The maximum Gasteiger partial charge on any atom is 0.169 e. The van der Waals surface area contributed by atoms with Gasteiger partial charge in [0.1, 0.15) is 22.1 Å². The van der Waals surface area contributed by atoms with Crippen molar-refractivity contribution >= 4 is 17.6 Å². The summed E-state index contributed by atoms with van der Waals surface area (Å²) >= 11 is 1.41. The van der Waals surface area contributed by atoms with Crippen LogP contribution in [0.4, 0.5) is 0 Å². The fraction of sp³-hybridized carbons (Fsp3) is 0.308. The first-order valence-corrected chi connectivity index (χ1v) is 6.52. The number of carbonyl (C=O) groups is 1. The fourth-order valence-electron chi connectivity index (χ4n) is 1.64. The number of pyridine rings is 1. The van der Waals surface area contributed by atoms with Crippen LogP contribution in [0.5, 0.6) is 5.75 Å². The summed E-state index contributed by atoms with van der Waals surface area (Å²) in [4.78, 5) is 20.3. The highest BCUT2D eigenvalue weighted by molar-refractivity contribution is 7.15. The first-order valence-electron chi connectivity index (χ1n) is 5.71. The largest absolute Gasteiger partial charge is 0.506 e. The Hall–Kier alpha value is -1.75. The lowest BCUT2D eigenvalue weighted by Gasteiger charge is -2.00. The molecule has 2 rings (SSSR count). The molecule has 0 fully saturated rings. The quantitative estimate of drug-likeness (QED) is 0.860. The second-order valence-electron chi connectivity index (χ2n) is 4.41. The van der Waals surface area contributed by atoms with Crippen molar-refractivity contribution in [2.24, 2.45) is 5.92 Å². The van der Waals surface area contributed by atoms with Crippen LogP contribution in [0.25, 0.3) is 10.7 Å². The number of hydrogen-bond donors (Lipinski definition) is 1. The Morgan fingerprint density at radius 1 is 1.50 bits per heavy atom. The molecule has 0 bridgehead atoms. The Kier molecular flexibility index (Phi) is 3.72. The molecule has 4 nitrogen and oxygen atoms in total. The molecule has 0 saturated heterocycles. The van der Waals surface area contributed by atoms with Crippen molar-refractivity contribution in [3.63, 3.8) is 0 Å². The summed E-state index contributed by atoms with van der Waals surface area (Å²) in [5, 5.41) is 10.3. The van der Waals surface area contributed by atoms with Crippen molar-refractivity contribution in [1.29, 1.82) is 0 Å². The predicted molar refractivity (Wildman–Crippen MR) is 70.9 cm³/mol. The lowest BCUT2D eigenvalue weighted by molar-refractivity contribution is 0.111. The van der Waals surface area contributed by atoms with Crippen LogP contribution in [0, 0.1) is 5.92 Å². The lowest BCUT2D eigenvalue weighted by atomic mass is 10.1. The first kappa shape index (κ1) is 12.7. The maximum atomic E-state index is 11.0. The predicted octanol–water partition coefficient (Wildman–Crippen LogP) is 2.92. The average Bonchev–Trinajstić information content (AvgIpc) is 2.71. The molecule has 0 saturated carbocycles. The molecule has 0 atom stereocenters. The molecule has 94 valence electrons. The normalized spacial score (nSPS) is 10.8. The minimum absolute atomic E-state index is 0.0831. The van der Waals surface area contributed by atoms with Crippen molar-refractivity contribution in [3.05, 3.63) is 28.9 Å². The van der Waals surface area contributed by atoms with E-state index in [4.69, 9.17) is 0 Å². The van der Waals surface area contributed by atoms with Crippen molar-refractivity contribution in [2.45, 2.75) is 20.3 Å². The van der Waals surface area contributed by atoms with Crippen LogP contribution >= 0.6 is 11.3 Å². The van der Waals surface area contributed by atoms with E-state index in [9.17, 15) is 9.90 Å². The van der Waals surface area contributed by atoms with Gasteiger partial charge in [-0.2, -0.15) is 0 Å². The summed E-state index contributed by atoms with van der Waals surface area (Å²) < 4.78 is 0. The van der Waals surface area contributed by atoms with E-state index in [2.05, 4.69) is 23.8 Å². The molecule has 5 heteroatoms. The molecule has 2 heterocycles. The number of thiazole rings is 1. The van der Waals surface area contributed by atoms with Crippen LogP contribution in [0.15, 0.2) is 18.3 Å². The Labute approximate surface area is 109 Å². The van der Waals surface area contributed by atoms with Gasteiger partial charge in [0.25, 0.3) is 0 Å². The molecule has 18 heavy (non-hydrogen) atoms. The van der Waals surface area contributed by atoms with Crippen molar-refractivity contribution < 1.29 is 9.90 Å². The van der Waals surface area contributed by atoms with E-state index in [0.717, 1.165) is 17.6 Å². The SMILES string of the molecule is CC(C)Cc1sc(-c2ncccc2O)nc1C=O. The summed E-state index contributed by atoms with van der Waals surface area (Å²) in [6.45, 7) is 4.18. The number of hydrogen-bond acceptors (Lipinski definition) is 5. The third-order valence-corrected chi connectivity index (χ3v) is 3.52. The molecule has 0 aliphatic carbocycles. The van der Waals surface area contributed by atoms with E-state index in [1.54, 1.807) is 18.3 Å². The minimum atomic E-state index is 0.0831. The van der Waals surface area contributed by atoms with Gasteiger partial charge >= 0.3 is 0 Å². The third-order valence-electron chi connectivity index (χ3n) is 2.42. The van der Waals surface area contributed by atoms with Gasteiger partial charge in [-0.1, -0.05) is 13.8 Å². The summed E-state index contributed by atoms with van der Waals surface area (Å²) in [6, 6.07) is 3.22. The molecule has 0 spiro atoms. The Morgan fingerprint density at radius 2 is 2.28 bits per heavy atom. The first-order chi connectivity index (χ1) is 8.61. The minimum Gasteiger partial charge on any atom is -0.506 e. The molecule has 0 amide bonds. The van der Waals surface area contributed by atoms with Gasteiger partial charge < -0.3 is 5.11 Å². The van der Waals surface area contributed by atoms with Crippen LogP contribution in [0.1, 0.15) is 29.2 Å². The van der Waals surface area contributed by atoms with E-state index in [1.807, 2.05) is 0 Å². The van der Waals surface area contributed by atoms with E-state index in [1.165, 1.54) is 11.3 Å². The molecule has 0 aliphatic heterocycles. The molecule has 2 aromatic rings. The monoisotopic (exact) mass is 262 g/mol. The van der Waals surface area contributed by atoms with Gasteiger partial charge in [0.05, 0.1) is 0 Å². The number of carbonyl (C=O) groups excluding carboxylic acids is 1. The van der Waals surface area contributed by atoms with Gasteiger partial charge in [0.15, 0.2) is 6.29 Å². The molecular weight excluding hydrogens is 248 g/mol. The van der Waals surface area contributed by atoms with Crippen LogP contribution in [-0.4, -0.2) is 21.4 Å². The average molecular weight is 262 g/mol. The topological polar surface area (TPSA) is 63.1 Å². The summed E-state index contributed by atoms with van der Waals surface area (Å²) in [7, 11) is 0. The third kappa shape index (κ3) is 2.56. The van der Waals surface area contributed by atoms with Crippen LogP contribution in [0.2, 0.25) is 0 Å². The van der Waals surface area contributed by atoms with Gasteiger partial charge in [0, 0.05) is 11.1 Å². The highest BCUT2D eigenvalue weighted by Crippen LogP contribution is 2.32. The molecule has 1 N–H and O–H groups in total. The van der Waals surface area contributed by atoms with Gasteiger partial charge in [-0.15, -0.1) is 11.3 Å².